The minimum Gasteiger partial charge on any atom is -0.492 e. The Bertz CT molecular complexity index is 368. The normalized spacial score (nSPS) is 9.14. The molecule has 0 heterocycles. The van der Waals surface area contributed by atoms with E-state index in [0.717, 1.165) is 16.6 Å². The molecule has 3 heteroatoms. The van der Waals surface area contributed by atoms with E-state index in [1.54, 1.807) is 24.3 Å². The maximum atomic E-state index is 8.64. The number of nitriles is 1. The van der Waals surface area contributed by atoms with Gasteiger partial charge in [0, 0.05) is 0 Å². The number of hydrogen-bond acceptors (Lipinski definition) is 2. The number of rotatable bonds is 4. The van der Waals surface area contributed by atoms with E-state index in [1.807, 2.05) is 0 Å². The van der Waals surface area contributed by atoms with Crippen LogP contribution in [-0.4, -0.2) is 6.61 Å². The van der Waals surface area contributed by atoms with Gasteiger partial charge in [-0.3, -0.25) is 0 Å². The van der Waals surface area contributed by atoms with Gasteiger partial charge in [-0.1, -0.05) is 6.08 Å². The van der Waals surface area contributed by atoms with E-state index in [-0.39, 0.29) is 0 Å². The number of hydrogen-bond donors (Lipinski definition) is 0. The van der Waals surface area contributed by atoms with Crippen LogP contribution in [0.3, 0.4) is 0 Å². The molecule has 1 aromatic carbocycles. The van der Waals surface area contributed by atoms with Crippen molar-refractivity contribution < 1.29 is 4.74 Å². The molecule has 0 fully saturated rings. The van der Waals surface area contributed by atoms with Crippen molar-refractivity contribution >= 4 is 15.9 Å². The molecule has 1 rings (SSSR count). The molecular weight excluding hydrogens is 242 g/mol. The Morgan fingerprint density at radius 2 is 2.36 bits per heavy atom. The van der Waals surface area contributed by atoms with Crippen molar-refractivity contribution in [1.29, 1.82) is 5.26 Å². The lowest BCUT2D eigenvalue weighted by atomic mass is 10.2. The van der Waals surface area contributed by atoms with Crippen LogP contribution in [0.2, 0.25) is 0 Å². The summed E-state index contributed by atoms with van der Waals surface area (Å²) in [6.45, 7) is 4.21. The lowest BCUT2D eigenvalue weighted by Gasteiger charge is -2.06. The van der Waals surface area contributed by atoms with E-state index in [9.17, 15) is 0 Å². The summed E-state index contributed by atoms with van der Waals surface area (Å²) in [5.74, 6) is 0.755. The SMILES string of the molecule is C=CCCOc1ccc(C#N)cc1Br. The fraction of sp³-hybridized carbons (Fsp3) is 0.182. The van der Waals surface area contributed by atoms with Crippen LogP contribution in [0.1, 0.15) is 12.0 Å². The summed E-state index contributed by atoms with van der Waals surface area (Å²) >= 11 is 3.34. The molecule has 14 heavy (non-hydrogen) atoms. The average molecular weight is 252 g/mol. The Hall–Kier alpha value is -1.27. The van der Waals surface area contributed by atoms with Crippen LogP contribution in [-0.2, 0) is 0 Å². The fourth-order valence-electron chi connectivity index (χ4n) is 0.940. The second kappa shape index (κ2) is 5.46. The summed E-state index contributed by atoms with van der Waals surface area (Å²) < 4.78 is 6.26. The van der Waals surface area contributed by atoms with Gasteiger partial charge in [0.2, 0.25) is 0 Å². The van der Waals surface area contributed by atoms with Gasteiger partial charge in [0.15, 0.2) is 0 Å². The zero-order valence-electron chi connectivity index (χ0n) is 7.66. The molecule has 0 aliphatic rings. The van der Waals surface area contributed by atoms with Gasteiger partial charge in [-0.15, -0.1) is 6.58 Å². The Labute approximate surface area is 91.9 Å². The molecule has 0 aliphatic carbocycles. The molecule has 0 amide bonds. The summed E-state index contributed by atoms with van der Waals surface area (Å²) in [5, 5.41) is 8.64. The van der Waals surface area contributed by atoms with Crippen LogP contribution in [0.15, 0.2) is 35.3 Å². The Morgan fingerprint density at radius 3 is 2.93 bits per heavy atom. The number of nitrogens with zero attached hydrogens (tertiary/aromatic N) is 1. The largest absolute Gasteiger partial charge is 0.492 e. The van der Waals surface area contributed by atoms with Crippen LogP contribution < -0.4 is 4.74 Å². The number of benzene rings is 1. The highest BCUT2D eigenvalue weighted by molar-refractivity contribution is 9.10. The zero-order valence-corrected chi connectivity index (χ0v) is 9.25. The third kappa shape index (κ3) is 2.90. The summed E-state index contributed by atoms with van der Waals surface area (Å²) in [6, 6.07) is 7.31. The number of ether oxygens (including phenoxy) is 1. The molecule has 0 saturated carbocycles. The first-order valence-corrected chi connectivity index (χ1v) is 5.00. The molecule has 0 aromatic heterocycles. The fourth-order valence-corrected chi connectivity index (χ4v) is 1.43. The van der Waals surface area contributed by atoms with Gasteiger partial charge >= 0.3 is 0 Å². The third-order valence-electron chi connectivity index (χ3n) is 1.64. The maximum Gasteiger partial charge on any atom is 0.133 e. The topological polar surface area (TPSA) is 33.0 Å². The molecular formula is C11H10BrNO. The minimum atomic E-state index is 0.605. The van der Waals surface area contributed by atoms with Gasteiger partial charge in [0.05, 0.1) is 22.7 Å². The molecule has 1 aromatic rings. The summed E-state index contributed by atoms with van der Waals surface area (Å²) in [4.78, 5) is 0. The Balaban J connectivity index is 2.70. The van der Waals surface area contributed by atoms with Gasteiger partial charge in [-0.25, -0.2) is 0 Å². The van der Waals surface area contributed by atoms with Crippen molar-refractivity contribution in [3.63, 3.8) is 0 Å². The van der Waals surface area contributed by atoms with Crippen molar-refractivity contribution in [2.45, 2.75) is 6.42 Å². The lowest BCUT2D eigenvalue weighted by Crippen LogP contribution is -1.96. The van der Waals surface area contributed by atoms with Gasteiger partial charge in [0.25, 0.3) is 0 Å². The van der Waals surface area contributed by atoms with Crippen molar-refractivity contribution in [2.75, 3.05) is 6.61 Å². The second-order valence-corrected chi connectivity index (χ2v) is 3.54. The molecule has 72 valence electrons. The predicted octanol–water partition coefficient (Wildman–Crippen LogP) is 3.28. The van der Waals surface area contributed by atoms with Crippen molar-refractivity contribution in [2.24, 2.45) is 0 Å². The molecule has 2 nitrogen and oxygen atoms in total. The molecule has 0 saturated heterocycles. The molecule has 0 aliphatic heterocycles. The first kappa shape index (κ1) is 10.8. The standard InChI is InChI=1S/C11H10BrNO/c1-2-3-6-14-11-5-4-9(8-13)7-10(11)12/h2,4-5,7H,1,3,6H2. The first-order valence-electron chi connectivity index (χ1n) is 4.21. The van der Waals surface area contributed by atoms with Gasteiger partial charge in [0.1, 0.15) is 5.75 Å². The lowest BCUT2D eigenvalue weighted by molar-refractivity contribution is 0.323. The zero-order chi connectivity index (χ0) is 10.4. The molecule has 0 unspecified atom stereocenters. The third-order valence-corrected chi connectivity index (χ3v) is 2.26. The van der Waals surface area contributed by atoms with E-state index in [0.29, 0.717) is 12.2 Å². The van der Waals surface area contributed by atoms with Crippen molar-refractivity contribution in [3.8, 4) is 11.8 Å². The number of halogens is 1. The first-order chi connectivity index (χ1) is 6.77. The van der Waals surface area contributed by atoms with Crippen LogP contribution >= 0.6 is 15.9 Å². The highest BCUT2D eigenvalue weighted by atomic mass is 79.9. The monoisotopic (exact) mass is 251 g/mol. The summed E-state index contributed by atoms with van der Waals surface area (Å²) in [5.41, 5.74) is 0.618. The Morgan fingerprint density at radius 1 is 1.57 bits per heavy atom. The molecule has 0 bridgehead atoms. The van der Waals surface area contributed by atoms with E-state index in [2.05, 4.69) is 28.6 Å². The minimum absolute atomic E-state index is 0.605. The summed E-state index contributed by atoms with van der Waals surface area (Å²) in [6.07, 6.45) is 2.62. The molecule has 0 spiro atoms. The Kier molecular flexibility index (Phi) is 4.21. The smallest absolute Gasteiger partial charge is 0.133 e. The molecule has 0 atom stereocenters. The van der Waals surface area contributed by atoms with E-state index in [4.69, 9.17) is 10.00 Å². The van der Waals surface area contributed by atoms with Crippen LogP contribution in [0, 0.1) is 11.3 Å². The highest BCUT2D eigenvalue weighted by Crippen LogP contribution is 2.25. The van der Waals surface area contributed by atoms with Gasteiger partial charge in [-0.05, 0) is 40.5 Å². The second-order valence-electron chi connectivity index (χ2n) is 2.68. The van der Waals surface area contributed by atoms with Gasteiger partial charge in [-0.2, -0.15) is 5.26 Å². The van der Waals surface area contributed by atoms with E-state index in [1.165, 1.54) is 0 Å². The van der Waals surface area contributed by atoms with Crippen molar-refractivity contribution in [3.05, 3.63) is 40.9 Å². The van der Waals surface area contributed by atoms with Crippen molar-refractivity contribution in [1.82, 2.24) is 0 Å². The quantitative estimate of drug-likeness (QED) is 0.608. The van der Waals surface area contributed by atoms with Crippen LogP contribution in [0.5, 0.6) is 5.75 Å². The van der Waals surface area contributed by atoms with E-state index >= 15 is 0 Å². The highest BCUT2D eigenvalue weighted by Gasteiger charge is 2.01. The average Bonchev–Trinajstić information content (AvgIpc) is 2.20. The van der Waals surface area contributed by atoms with Gasteiger partial charge < -0.3 is 4.74 Å². The van der Waals surface area contributed by atoms with Crippen LogP contribution in [0.4, 0.5) is 0 Å². The summed E-state index contributed by atoms with van der Waals surface area (Å²) in [7, 11) is 0. The molecule has 0 radical (unpaired) electrons. The predicted molar refractivity (Wildman–Crippen MR) is 59.2 cm³/mol. The van der Waals surface area contributed by atoms with Crippen LogP contribution in [0.25, 0.3) is 0 Å². The maximum absolute atomic E-state index is 8.64. The molecule has 0 N–H and O–H groups in total. The van der Waals surface area contributed by atoms with E-state index < -0.39 is 0 Å².